The molecule has 0 spiro atoms. The number of allylic oxidation sites excluding steroid dienone is 1. The number of aliphatic hydroxyl groups excluding tert-OH is 1. The van der Waals surface area contributed by atoms with Gasteiger partial charge >= 0.3 is 0 Å². The van der Waals surface area contributed by atoms with Gasteiger partial charge in [0.15, 0.2) is 0 Å². The van der Waals surface area contributed by atoms with Gasteiger partial charge in [0.2, 0.25) is 5.91 Å². The Labute approximate surface area is 80.0 Å². The molecule has 0 aromatic carbocycles. The molecule has 76 valence electrons. The number of hydrogen-bond acceptors (Lipinski definition) is 2. The van der Waals surface area contributed by atoms with Gasteiger partial charge in [0.1, 0.15) is 0 Å². The molecule has 0 saturated heterocycles. The maximum absolute atomic E-state index is 11.4. The van der Waals surface area contributed by atoms with Crippen molar-refractivity contribution in [3.63, 3.8) is 0 Å². The Morgan fingerprint density at radius 2 is 2.15 bits per heavy atom. The maximum Gasteiger partial charge on any atom is 0.246 e. The fraction of sp³-hybridized carbons (Fsp3) is 0.700. The van der Waals surface area contributed by atoms with Crippen molar-refractivity contribution >= 4 is 5.91 Å². The number of hydrogen-bond donors (Lipinski definition) is 1. The van der Waals surface area contributed by atoms with Crippen LogP contribution in [0.3, 0.4) is 0 Å². The summed E-state index contributed by atoms with van der Waals surface area (Å²) in [5.74, 6) is 0.0194. The predicted molar refractivity (Wildman–Crippen MR) is 53.4 cm³/mol. The van der Waals surface area contributed by atoms with E-state index in [0.29, 0.717) is 13.0 Å². The topological polar surface area (TPSA) is 40.5 Å². The normalized spacial score (nSPS) is 11.2. The molecule has 1 N–H and O–H groups in total. The van der Waals surface area contributed by atoms with Crippen molar-refractivity contribution in [2.75, 3.05) is 13.2 Å². The van der Waals surface area contributed by atoms with E-state index in [1.165, 1.54) is 0 Å². The highest BCUT2D eigenvalue weighted by Crippen LogP contribution is 2.01. The Hall–Kier alpha value is -0.830. The van der Waals surface area contributed by atoms with Crippen molar-refractivity contribution < 1.29 is 9.90 Å². The van der Waals surface area contributed by atoms with E-state index in [1.54, 1.807) is 17.1 Å². The van der Waals surface area contributed by atoms with Gasteiger partial charge in [-0.05, 0) is 33.3 Å². The fourth-order valence-corrected chi connectivity index (χ4v) is 1.10. The van der Waals surface area contributed by atoms with Crippen molar-refractivity contribution in [3.05, 3.63) is 12.2 Å². The van der Waals surface area contributed by atoms with E-state index in [0.717, 1.165) is 0 Å². The average molecular weight is 185 g/mol. The van der Waals surface area contributed by atoms with Crippen LogP contribution in [0.25, 0.3) is 0 Å². The Kier molecular flexibility index (Phi) is 6.24. The van der Waals surface area contributed by atoms with E-state index < -0.39 is 0 Å². The standard InChI is InChI=1S/C10H19NO2/c1-4-6-10(13)11(9(2)3)7-5-8-12/h4,6,9,12H,5,7-8H2,1-3H3. The van der Waals surface area contributed by atoms with Gasteiger partial charge in [0, 0.05) is 19.2 Å². The van der Waals surface area contributed by atoms with Gasteiger partial charge in [-0.25, -0.2) is 0 Å². The number of nitrogens with zero attached hydrogens (tertiary/aromatic N) is 1. The van der Waals surface area contributed by atoms with Crippen LogP contribution in [0.5, 0.6) is 0 Å². The van der Waals surface area contributed by atoms with E-state index in [4.69, 9.17) is 5.11 Å². The molecular formula is C10H19NO2. The Balaban J connectivity index is 4.15. The summed E-state index contributed by atoms with van der Waals surface area (Å²) < 4.78 is 0. The molecule has 0 heterocycles. The lowest BCUT2D eigenvalue weighted by molar-refractivity contribution is -0.127. The summed E-state index contributed by atoms with van der Waals surface area (Å²) in [6, 6.07) is 0.190. The summed E-state index contributed by atoms with van der Waals surface area (Å²) >= 11 is 0. The van der Waals surface area contributed by atoms with E-state index in [2.05, 4.69) is 0 Å². The third kappa shape index (κ3) is 4.68. The molecule has 0 bridgehead atoms. The molecule has 0 aromatic rings. The molecule has 3 nitrogen and oxygen atoms in total. The lowest BCUT2D eigenvalue weighted by Crippen LogP contribution is -2.36. The van der Waals surface area contributed by atoms with Crippen molar-refractivity contribution in [2.45, 2.75) is 33.2 Å². The van der Waals surface area contributed by atoms with E-state index in [9.17, 15) is 4.79 Å². The van der Waals surface area contributed by atoms with Crippen LogP contribution in [0.15, 0.2) is 12.2 Å². The molecule has 1 amide bonds. The lowest BCUT2D eigenvalue weighted by Gasteiger charge is -2.25. The molecule has 0 aliphatic rings. The minimum atomic E-state index is 0.0194. The fourth-order valence-electron chi connectivity index (χ4n) is 1.10. The second-order valence-electron chi connectivity index (χ2n) is 3.20. The van der Waals surface area contributed by atoms with Gasteiger partial charge in [-0.3, -0.25) is 4.79 Å². The van der Waals surface area contributed by atoms with Crippen LogP contribution in [0, 0.1) is 0 Å². The molecular weight excluding hydrogens is 166 g/mol. The van der Waals surface area contributed by atoms with Crippen LogP contribution >= 0.6 is 0 Å². The van der Waals surface area contributed by atoms with Gasteiger partial charge in [-0.15, -0.1) is 0 Å². The smallest absolute Gasteiger partial charge is 0.246 e. The van der Waals surface area contributed by atoms with E-state index >= 15 is 0 Å². The molecule has 13 heavy (non-hydrogen) atoms. The highest BCUT2D eigenvalue weighted by atomic mass is 16.3. The molecule has 0 saturated carbocycles. The number of aliphatic hydroxyl groups is 1. The third-order valence-corrected chi connectivity index (χ3v) is 1.77. The first-order valence-corrected chi connectivity index (χ1v) is 4.67. The van der Waals surface area contributed by atoms with Crippen molar-refractivity contribution in [3.8, 4) is 0 Å². The van der Waals surface area contributed by atoms with E-state index in [1.807, 2.05) is 20.8 Å². The van der Waals surface area contributed by atoms with Crippen LogP contribution in [-0.2, 0) is 4.79 Å². The highest BCUT2D eigenvalue weighted by Gasteiger charge is 2.12. The molecule has 3 heteroatoms. The quantitative estimate of drug-likeness (QED) is 0.653. The first-order chi connectivity index (χ1) is 6.13. The molecule has 0 atom stereocenters. The summed E-state index contributed by atoms with van der Waals surface area (Å²) in [6.45, 7) is 6.52. The Bertz CT molecular complexity index is 176. The minimum absolute atomic E-state index is 0.0194. The van der Waals surface area contributed by atoms with Gasteiger partial charge in [0.25, 0.3) is 0 Å². The minimum Gasteiger partial charge on any atom is -0.396 e. The lowest BCUT2D eigenvalue weighted by atomic mass is 10.2. The second-order valence-corrected chi connectivity index (χ2v) is 3.20. The molecule has 0 fully saturated rings. The molecule has 0 unspecified atom stereocenters. The summed E-state index contributed by atoms with van der Waals surface area (Å²) in [5.41, 5.74) is 0. The van der Waals surface area contributed by atoms with Crippen LogP contribution in [0.1, 0.15) is 27.2 Å². The summed E-state index contributed by atoms with van der Waals surface area (Å²) in [4.78, 5) is 13.2. The summed E-state index contributed by atoms with van der Waals surface area (Å²) in [6.07, 6.45) is 3.93. The van der Waals surface area contributed by atoms with Gasteiger partial charge in [0.05, 0.1) is 0 Å². The third-order valence-electron chi connectivity index (χ3n) is 1.77. The number of rotatable bonds is 5. The zero-order valence-electron chi connectivity index (χ0n) is 8.66. The zero-order chi connectivity index (χ0) is 10.3. The van der Waals surface area contributed by atoms with Crippen LogP contribution < -0.4 is 0 Å². The highest BCUT2D eigenvalue weighted by molar-refractivity contribution is 5.87. The van der Waals surface area contributed by atoms with Gasteiger partial charge in [-0.2, -0.15) is 0 Å². The SMILES string of the molecule is CC=CC(=O)N(CCCO)C(C)C. The maximum atomic E-state index is 11.4. The largest absolute Gasteiger partial charge is 0.396 e. The summed E-state index contributed by atoms with van der Waals surface area (Å²) in [5, 5.41) is 8.65. The molecule has 0 radical (unpaired) electrons. The van der Waals surface area contributed by atoms with Crippen molar-refractivity contribution in [2.24, 2.45) is 0 Å². The first-order valence-electron chi connectivity index (χ1n) is 4.67. The first kappa shape index (κ1) is 12.2. The Morgan fingerprint density at radius 1 is 1.54 bits per heavy atom. The summed E-state index contributed by atoms with van der Waals surface area (Å²) in [7, 11) is 0. The van der Waals surface area contributed by atoms with Gasteiger partial charge in [-0.1, -0.05) is 6.08 Å². The Morgan fingerprint density at radius 3 is 2.54 bits per heavy atom. The zero-order valence-corrected chi connectivity index (χ0v) is 8.66. The predicted octanol–water partition coefficient (Wildman–Crippen LogP) is 1.18. The van der Waals surface area contributed by atoms with E-state index in [-0.39, 0.29) is 18.6 Å². The number of carbonyl (C=O) groups is 1. The number of amides is 1. The van der Waals surface area contributed by atoms with Crippen molar-refractivity contribution in [1.82, 2.24) is 4.90 Å². The second kappa shape index (κ2) is 6.66. The molecule has 0 aliphatic carbocycles. The van der Waals surface area contributed by atoms with Gasteiger partial charge < -0.3 is 10.0 Å². The molecule has 0 aromatic heterocycles. The molecule has 0 rings (SSSR count). The van der Waals surface area contributed by atoms with Crippen LogP contribution in [0.2, 0.25) is 0 Å². The molecule has 0 aliphatic heterocycles. The van der Waals surface area contributed by atoms with Crippen LogP contribution in [-0.4, -0.2) is 35.1 Å². The average Bonchev–Trinajstić information content (AvgIpc) is 2.05. The monoisotopic (exact) mass is 185 g/mol. The van der Waals surface area contributed by atoms with Crippen molar-refractivity contribution in [1.29, 1.82) is 0 Å². The number of carbonyl (C=O) groups excluding carboxylic acids is 1. The van der Waals surface area contributed by atoms with Crippen LogP contribution in [0.4, 0.5) is 0 Å².